The maximum atomic E-state index is 12.1. The van der Waals surface area contributed by atoms with Crippen molar-refractivity contribution in [2.24, 2.45) is 5.73 Å². The third-order valence-corrected chi connectivity index (χ3v) is 4.57. The van der Waals surface area contributed by atoms with Crippen molar-refractivity contribution in [3.05, 3.63) is 58.7 Å². The molecule has 0 fully saturated rings. The second kappa shape index (κ2) is 6.05. The van der Waals surface area contributed by atoms with Crippen molar-refractivity contribution < 1.29 is 9.53 Å². The van der Waals surface area contributed by atoms with Crippen LogP contribution in [0.2, 0.25) is 0 Å². The molecule has 4 heteroatoms. The van der Waals surface area contributed by atoms with Gasteiger partial charge >= 0.3 is 0 Å². The van der Waals surface area contributed by atoms with E-state index in [1.54, 1.807) is 7.11 Å². The highest BCUT2D eigenvalue weighted by molar-refractivity contribution is 6.03. The predicted octanol–water partition coefficient (Wildman–Crippen LogP) is 3.50. The summed E-state index contributed by atoms with van der Waals surface area (Å²) in [4.78, 5) is 12.1. The monoisotopic (exact) mass is 310 g/mol. The number of ether oxygens (including phenoxy) is 1. The standard InChI is InChI=1S/C19H22N2O2/c1-4-15-16-10-13(9-11(2)18(16)21-19(15)22)17(20)12-5-7-14(23-3)8-6-12/h5-10,15,17H,4,20H2,1-3H3,(H,21,22). The molecule has 1 amide bonds. The van der Waals surface area contributed by atoms with Gasteiger partial charge in [-0.05, 0) is 47.7 Å². The topological polar surface area (TPSA) is 64.4 Å². The molecule has 120 valence electrons. The van der Waals surface area contributed by atoms with Crippen LogP contribution >= 0.6 is 0 Å². The summed E-state index contributed by atoms with van der Waals surface area (Å²) in [6, 6.07) is 11.7. The molecule has 23 heavy (non-hydrogen) atoms. The number of fused-ring (bicyclic) bond motifs is 1. The fourth-order valence-electron chi connectivity index (χ4n) is 3.23. The zero-order chi connectivity index (χ0) is 16.6. The molecule has 0 saturated carbocycles. The summed E-state index contributed by atoms with van der Waals surface area (Å²) in [7, 11) is 1.65. The summed E-state index contributed by atoms with van der Waals surface area (Å²) in [5.41, 5.74) is 11.6. The minimum absolute atomic E-state index is 0.0771. The Kier molecular flexibility index (Phi) is 4.09. The number of anilines is 1. The Bertz CT molecular complexity index is 738. The van der Waals surface area contributed by atoms with E-state index >= 15 is 0 Å². The van der Waals surface area contributed by atoms with Crippen molar-refractivity contribution in [1.29, 1.82) is 0 Å². The van der Waals surface area contributed by atoms with Crippen LogP contribution in [-0.2, 0) is 4.79 Å². The first-order valence-corrected chi connectivity index (χ1v) is 7.90. The molecule has 2 aromatic rings. The highest BCUT2D eigenvalue weighted by Crippen LogP contribution is 2.39. The smallest absolute Gasteiger partial charge is 0.232 e. The van der Waals surface area contributed by atoms with Crippen molar-refractivity contribution in [2.45, 2.75) is 32.2 Å². The van der Waals surface area contributed by atoms with Crippen molar-refractivity contribution in [3.63, 3.8) is 0 Å². The number of rotatable bonds is 4. The quantitative estimate of drug-likeness (QED) is 0.908. The van der Waals surface area contributed by atoms with Gasteiger partial charge in [-0.2, -0.15) is 0 Å². The van der Waals surface area contributed by atoms with E-state index in [1.807, 2.05) is 38.1 Å². The molecule has 3 N–H and O–H groups in total. The van der Waals surface area contributed by atoms with Crippen molar-refractivity contribution in [3.8, 4) is 5.75 Å². The lowest BCUT2D eigenvalue weighted by atomic mass is 9.90. The van der Waals surface area contributed by atoms with Crippen LogP contribution in [0, 0.1) is 6.92 Å². The van der Waals surface area contributed by atoms with E-state index in [0.717, 1.165) is 40.1 Å². The molecule has 2 atom stereocenters. The Labute approximate surface area is 136 Å². The zero-order valence-electron chi connectivity index (χ0n) is 13.7. The van der Waals surface area contributed by atoms with Gasteiger partial charge < -0.3 is 15.8 Å². The normalized spacial score (nSPS) is 17.6. The van der Waals surface area contributed by atoms with Crippen LogP contribution in [0.25, 0.3) is 0 Å². The minimum atomic E-state index is -0.224. The maximum Gasteiger partial charge on any atom is 0.232 e. The predicted molar refractivity (Wildman–Crippen MR) is 91.9 cm³/mol. The summed E-state index contributed by atoms with van der Waals surface area (Å²) < 4.78 is 5.19. The molecule has 0 bridgehead atoms. The summed E-state index contributed by atoms with van der Waals surface area (Å²) in [5.74, 6) is 0.819. The van der Waals surface area contributed by atoms with Crippen LogP contribution in [0.15, 0.2) is 36.4 Å². The summed E-state index contributed by atoms with van der Waals surface area (Å²) in [6.45, 7) is 4.05. The van der Waals surface area contributed by atoms with E-state index in [9.17, 15) is 4.79 Å². The van der Waals surface area contributed by atoms with Crippen LogP contribution in [0.4, 0.5) is 5.69 Å². The molecule has 0 radical (unpaired) electrons. The van der Waals surface area contributed by atoms with Gasteiger partial charge in [0, 0.05) is 5.69 Å². The van der Waals surface area contributed by atoms with E-state index in [0.29, 0.717) is 0 Å². The Morgan fingerprint density at radius 2 is 1.91 bits per heavy atom. The average Bonchev–Trinajstić information content (AvgIpc) is 2.90. The molecule has 1 aliphatic heterocycles. The van der Waals surface area contributed by atoms with Gasteiger partial charge in [0.1, 0.15) is 5.75 Å². The number of nitrogens with one attached hydrogen (secondary N) is 1. The van der Waals surface area contributed by atoms with Gasteiger partial charge in [0.2, 0.25) is 5.91 Å². The number of benzene rings is 2. The fourth-order valence-corrected chi connectivity index (χ4v) is 3.23. The van der Waals surface area contributed by atoms with Gasteiger partial charge in [0.25, 0.3) is 0 Å². The molecule has 0 saturated heterocycles. The van der Waals surface area contributed by atoms with Crippen molar-refractivity contribution >= 4 is 11.6 Å². The lowest BCUT2D eigenvalue weighted by Crippen LogP contribution is -2.13. The number of amides is 1. The number of carbonyl (C=O) groups is 1. The molecule has 2 unspecified atom stereocenters. The zero-order valence-corrected chi connectivity index (χ0v) is 13.7. The fraction of sp³-hybridized carbons (Fsp3) is 0.316. The van der Waals surface area contributed by atoms with Gasteiger partial charge in [-0.25, -0.2) is 0 Å². The lowest BCUT2D eigenvalue weighted by Gasteiger charge is -2.17. The third kappa shape index (κ3) is 2.70. The van der Waals surface area contributed by atoms with E-state index in [2.05, 4.69) is 17.4 Å². The molecule has 0 aliphatic carbocycles. The van der Waals surface area contributed by atoms with Gasteiger partial charge in [0.15, 0.2) is 0 Å². The molecule has 2 aromatic carbocycles. The Morgan fingerprint density at radius 3 is 2.52 bits per heavy atom. The van der Waals surface area contributed by atoms with Gasteiger partial charge in [-0.3, -0.25) is 4.79 Å². The first-order chi connectivity index (χ1) is 11.0. The molecule has 3 rings (SSSR count). The highest BCUT2D eigenvalue weighted by atomic mass is 16.5. The highest BCUT2D eigenvalue weighted by Gasteiger charge is 2.31. The summed E-state index contributed by atoms with van der Waals surface area (Å²) in [6.07, 6.45) is 0.791. The molecule has 4 nitrogen and oxygen atoms in total. The maximum absolute atomic E-state index is 12.1. The lowest BCUT2D eigenvalue weighted by molar-refractivity contribution is -0.117. The van der Waals surface area contributed by atoms with Gasteiger partial charge in [-0.15, -0.1) is 0 Å². The van der Waals surface area contributed by atoms with Crippen molar-refractivity contribution in [2.75, 3.05) is 12.4 Å². The molecule has 1 aliphatic rings. The van der Waals surface area contributed by atoms with Crippen LogP contribution in [0.3, 0.4) is 0 Å². The first-order valence-electron chi connectivity index (χ1n) is 7.90. The van der Waals surface area contributed by atoms with E-state index in [-0.39, 0.29) is 17.9 Å². The number of methoxy groups -OCH3 is 1. The number of nitrogens with two attached hydrogens (primary N) is 1. The third-order valence-electron chi connectivity index (χ3n) is 4.57. The van der Waals surface area contributed by atoms with Gasteiger partial charge in [0.05, 0.1) is 19.1 Å². The van der Waals surface area contributed by atoms with Crippen LogP contribution < -0.4 is 15.8 Å². The SMILES string of the molecule is CCC1C(=O)Nc2c(C)cc(C(N)c3ccc(OC)cc3)cc21. The van der Waals surface area contributed by atoms with Crippen LogP contribution in [0.5, 0.6) is 5.75 Å². The van der Waals surface area contributed by atoms with Crippen molar-refractivity contribution in [1.82, 2.24) is 0 Å². The second-order valence-corrected chi connectivity index (χ2v) is 6.00. The van der Waals surface area contributed by atoms with E-state index in [4.69, 9.17) is 10.5 Å². The van der Waals surface area contributed by atoms with Crippen LogP contribution in [0.1, 0.15) is 47.6 Å². The van der Waals surface area contributed by atoms with Crippen LogP contribution in [-0.4, -0.2) is 13.0 Å². The molecular weight excluding hydrogens is 288 g/mol. The summed E-state index contributed by atoms with van der Waals surface area (Å²) in [5, 5.41) is 2.99. The Morgan fingerprint density at radius 1 is 1.22 bits per heavy atom. The molecule has 1 heterocycles. The number of hydrogen-bond donors (Lipinski definition) is 2. The van der Waals surface area contributed by atoms with E-state index < -0.39 is 0 Å². The number of hydrogen-bond acceptors (Lipinski definition) is 3. The minimum Gasteiger partial charge on any atom is -0.497 e. The Hall–Kier alpha value is -2.33. The Balaban J connectivity index is 1.98. The molecule has 0 aromatic heterocycles. The first kappa shape index (κ1) is 15.6. The summed E-state index contributed by atoms with van der Waals surface area (Å²) >= 11 is 0. The average molecular weight is 310 g/mol. The van der Waals surface area contributed by atoms with E-state index in [1.165, 1.54) is 0 Å². The largest absolute Gasteiger partial charge is 0.497 e. The number of aryl methyl sites for hydroxylation is 1. The molecule has 0 spiro atoms. The molecular formula is C19H22N2O2. The number of carbonyl (C=O) groups excluding carboxylic acids is 1. The second-order valence-electron chi connectivity index (χ2n) is 6.00. The van der Waals surface area contributed by atoms with Gasteiger partial charge in [-0.1, -0.05) is 31.2 Å².